The van der Waals surface area contributed by atoms with Gasteiger partial charge >= 0.3 is 6.03 Å². The molecule has 2 aromatic rings. The molecular formula is C17H16ClN3O2. The number of halogens is 1. The first-order chi connectivity index (χ1) is 11.0. The van der Waals surface area contributed by atoms with Crippen molar-refractivity contribution < 1.29 is 9.59 Å². The topological polar surface area (TPSA) is 53.5 Å². The van der Waals surface area contributed by atoms with Gasteiger partial charge in [-0.3, -0.25) is 9.78 Å². The SMILES string of the molecule is Cc1ccc(CN2C(=O)N(c3ccc(Cl)cc3)C(=O)[C@@H]2C)cn1. The van der Waals surface area contributed by atoms with Gasteiger partial charge < -0.3 is 4.90 Å². The highest BCUT2D eigenvalue weighted by atomic mass is 35.5. The van der Waals surface area contributed by atoms with Crippen LogP contribution in [0.3, 0.4) is 0 Å². The van der Waals surface area contributed by atoms with Crippen molar-refractivity contribution in [1.82, 2.24) is 9.88 Å². The van der Waals surface area contributed by atoms with E-state index in [1.165, 1.54) is 4.90 Å². The molecule has 0 unspecified atom stereocenters. The van der Waals surface area contributed by atoms with Crippen molar-refractivity contribution in [1.29, 1.82) is 0 Å². The number of nitrogens with zero attached hydrogens (tertiary/aromatic N) is 3. The second-order valence-corrected chi connectivity index (χ2v) is 5.98. The number of aryl methyl sites for hydroxylation is 1. The summed E-state index contributed by atoms with van der Waals surface area (Å²) in [6, 6.07) is 9.62. The Bertz CT molecular complexity index is 743. The number of urea groups is 1. The fourth-order valence-corrected chi connectivity index (χ4v) is 2.66. The van der Waals surface area contributed by atoms with Crippen LogP contribution in [0.5, 0.6) is 0 Å². The van der Waals surface area contributed by atoms with Crippen molar-refractivity contribution in [3.05, 3.63) is 58.9 Å². The minimum absolute atomic E-state index is 0.239. The number of aromatic nitrogens is 1. The lowest BCUT2D eigenvalue weighted by atomic mass is 10.2. The monoisotopic (exact) mass is 329 g/mol. The van der Waals surface area contributed by atoms with Crippen molar-refractivity contribution in [2.75, 3.05) is 4.90 Å². The molecule has 0 aliphatic carbocycles. The minimum atomic E-state index is -0.514. The molecule has 118 valence electrons. The number of hydrogen-bond acceptors (Lipinski definition) is 3. The van der Waals surface area contributed by atoms with Crippen LogP contribution in [0.1, 0.15) is 18.2 Å². The van der Waals surface area contributed by atoms with E-state index in [-0.39, 0.29) is 11.9 Å². The normalized spacial score (nSPS) is 18.0. The van der Waals surface area contributed by atoms with Gasteiger partial charge in [0.25, 0.3) is 5.91 Å². The quantitative estimate of drug-likeness (QED) is 0.811. The molecule has 2 heterocycles. The molecule has 1 aromatic carbocycles. The maximum absolute atomic E-state index is 12.7. The molecule has 6 heteroatoms. The standard InChI is InChI=1S/C17H16ClN3O2/c1-11-3-4-13(9-19-11)10-20-12(2)16(22)21(17(20)23)15-7-5-14(18)6-8-15/h3-9,12H,10H2,1-2H3/t12-/m0/s1. The van der Waals surface area contributed by atoms with Gasteiger partial charge in [-0.1, -0.05) is 17.7 Å². The van der Waals surface area contributed by atoms with E-state index in [4.69, 9.17) is 11.6 Å². The number of amides is 3. The molecule has 1 atom stereocenters. The van der Waals surface area contributed by atoms with Gasteiger partial charge in [-0.25, -0.2) is 9.69 Å². The fourth-order valence-electron chi connectivity index (χ4n) is 2.53. The first-order valence-corrected chi connectivity index (χ1v) is 7.67. The summed E-state index contributed by atoms with van der Waals surface area (Å²) in [6.07, 6.45) is 1.73. The van der Waals surface area contributed by atoms with Gasteiger partial charge in [0, 0.05) is 23.5 Å². The summed E-state index contributed by atoms with van der Waals surface area (Å²) in [7, 11) is 0. The van der Waals surface area contributed by atoms with E-state index < -0.39 is 6.04 Å². The van der Waals surface area contributed by atoms with Crippen LogP contribution in [0.15, 0.2) is 42.6 Å². The van der Waals surface area contributed by atoms with Gasteiger partial charge in [0.1, 0.15) is 6.04 Å². The summed E-state index contributed by atoms with van der Waals surface area (Å²) >= 11 is 5.86. The number of anilines is 1. The molecule has 0 bridgehead atoms. The number of carbonyl (C=O) groups is 2. The number of benzene rings is 1. The number of imide groups is 1. The predicted octanol–water partition coefficient (Wildman–Crippen LogP) is 3.40. The van der Waals surface area contributed by atoms with Gasteiger partial charge in [-0.2, -0.15) is 0 Å². The third kappa shape index (κ3) is 2.92. The van der Waals surface area contributed by atoms with Crippen molar-refractivity contribution in [3.8, 4) is 0 Å². The van der Waals surface area contributed by atoms with Crippen LogP contribution in [0.2, 0.25) is 5.02 Å². The van der Waals surface area contributed by atoms with Crippen LogP contribution >= 0.6 is 11.6 Å². The number of hydrogen-bond donors (Lipinski definition) is 0. The Balaban J connectivity index is 1.85. The van der Waals surface area contributed by atoms with E-state index in [0.717, 1.165) is 11.3 Å². The van der Waals surface area contributed by atoms with Crippen LogP contribution in [0, 0.1) is 6.92 Å². The van der Waals surface area contributed by atoms with Crippen molar-refractivity contribution in [2.45, 2.75) is 26.4 Å². The summed E-state index contributed by atoms with van der Waals surface area (Å²) in [5, 5.41) is 0.559. The van der Waals surface area contributed by atoms with Crippen LogP contribution < -0.4 is 4.90 Å². The second kappa shape index (κ2) is 6.01. The highest BCUT2D eigenvalue weighted by Crippen LogP contribution is 2.27. The molecule has 0 spiro atoms. The smallest absolute Gasteiger partial charge is 0.308 e. The zero-order chi connectivity index (χ0) is 16.6. The molecule has 3 amide bonds. The average Bonchev–Trinajstić information content (AvgIpc) is 2.74. The largest absolute Gasteiger partial charge is 0.332 e. The molecule has 1 aliphatic rings. The van der Waals surface area contributed by atoms with E-state index in [2.05, 4.69) is 4.98 Å². The Kier molecular flexibility index (Phi) is 4.05. The van der Waals surface area contributed by atoms with E-state index in [9.17, 15) is 9.59 Å². The van der Waals surface area contributed by atoms with Crippen LogP contribution in [0.25, 0.3) is 0 Å². The number of pyridine rings is 1. The lowest BCUT2D eigenvalue weighted by molar-refractivity contribution is -0.119. The Morgan fingerprint density at radius 3 is 2.43 bits per heavy atom. The first kappa shape index (κ1) is 15.5. The summed E-state index contributed by atoms with van der Waals surface area (Å²) in [4.78, 5) is 32.1. The lowest BCUT2D eigenvalue weighted by Gasteiger charge is -2.19. The third-order valence-corrected chi connectivity index (χ3v) is 4.14. The summed E-state index contributed by atoms with van der Waals surface area (Å²) in [6.45, 7) is 3.99. The van der Waals surface area contributed by atoms with E-state index in [1.54, 1.807) is 42.3 Å². The number of carbonyl (C=O) groups excluding carboxylic acids is 2. The van der Waals surface area contributed by atoms with Crippen molar-refractivity contribution in [2.24, 2.45) is 0 Å². The fraction of sp³-hybridized carbons (Fsp3) is 0.235. The third-order valence-electron chi connectivity index (χ3n) is 3.89. The van der Waals surface area contributed by atoms with Gasteiger partial charge in [-0.15, -0.1) is 0 Å². The summed E-state index contributed by atoms with van der Waals surface area (Å²) in [5.74, 6) is -0.239. The highest BCUT2D eigenvalue weighted by molar-refractivity contribution is 6.30. The van der Waals surface area contributed by atoms with Gasteiger partial charge in [0.15, 0.2) is 0 Å². The first-order valence-electron chi connectivity index (χ1n) is 7.29. The van der Waals surface area contributed by atoms with Crippen LogP contribution in [0.4, 0.5) is 10.5 Å². The van der Waals surface area contributed by atoms with E-state index >= 15 is 0 Å². The molecular weight excluding hydrogens is 314 g/mol. The Morgan fingerprint density at radius 2 is 1.83 bits per heavy atom. The average molecular weight is 330 g/mol. The zero-order valence-corrected chi connectivity index (χ0v) is 13.6. The molecule has 1 fully saturated rings. The molecule has 0 radical (unpaired) electrons. The lowest BCUT2D eigenvalue weighted by Crippen LogP contribution is -2.33. The number of rotatable bonds is 3. The van der Waals surface area contributed by atoms with Crippen LogP contribution in [-0.2, 0) is 11.3 Å². The zero-order valence-electron chi connectivity index (χ0n) is 12.9. The highest BCUT2D eigenvalue weighted by Gasteiger charge is 2.43. The second-order valence-electron chi connectivity index (χ2n) is 5.54. The Morgan fingerprint density at radius 1 is 1.13 bits per heavy atom. The molecule has 1 aromatic heterocycles. The van der Waals surface area contributed by atoms with E-state index in [0.29, 0.717) is 17.3 Å². The maximum Gasteiger partial charge on any atom is 0.332 e. The van der Waals surface area contributed by atoms with Gasteiger partial charge in [-0.05, 0) is 49.7 Å². The molecule has 1 saturated heterocycles. The summed E-state index contributed by atoms with van der Waals surface area (Å²) in [5.41, 5.74) is 2.33. The Labute approximate surface area is 139 Å². The molecule has 3 rings (SSSR count). The molecule has 1 aliphatic heterocycles. The van der Waals surface area contributed by atoms with E-state index in [1.807, 2.05) is 19.1 Å². The summed E-state index contributed by atoms with van der Waals surface area (Å²) < 4.78 is 0. The molecule has 23 heavy (non-hydrogen) atoms. The molecule has 0 N–H and O–H groups in total. The maximum atomic E-state index is 12.7. The predicted molar refractivity (Wildman–Crippen MR) is 88.3 cm³/mol. The molecule has 5 nitrogen and oxygen atoms in total. The van der Waals surface area contributed by atoms with Gasteiger partial charge in [0.2, 0.25) is 0 Å². The van der Waals surface area contributed by atoms with Crippen molar-refractivity contribution >= 4 is 29.2 Å². The Hall–Kier alpha value is -2.40. The van der Waals surface area contributed by atoms with Crippen LogP contribution in [-0.4, -0.2) is 27.9 Å². The van der Waals surface area contributed by atoms with Gasteiger partial charge in [0.05, 0.1) is 5.69 Å². The molecule has 0 saturated carbocycles. The minimum Gasteiger partial charge on any atom is -0.308 e. The van der Waals surface area contributed by atoms with Crippen molar-refractivity contribution in [3.63, 3.8) is 0 Å².